The predicted octanol–water partition coefficient (Wildman–Crippen LogP) is 2.65. The number of benzene rings is 1. The highest BCUT2D eigenvalue weighted by atomic mass is 16.6. The van der Waals surface area contributed by atoms with Gasteiger partial charge in [-0.2, -0.15) is 0 Å². The molecule has 2 aromatic heterocycles. The van der Waals surface area contributed by atoms with Gasteiger partial charge in [0, 0.05) is 23.5 Å². The second-order valence-electron chi connectivity index (χ2n) is 4.99. The van der Waals surface area contributed by atoms with Crippen LogP contribution in [0, 0.1) is 6.92 Å². The van der Waals surface area contributed by atoms with Gasteiger partial charge in [-0.1, -0.05) is 30.3 Å². The fraction of sp³-hybridized carbons (Fsp3) is 0.235. The van der Waals surface area contributed by atoms with Gasteiger partial charge in [-0.05, 0) is 13.8 Å². The Balaban J connectivity index is 1.95. The maximum Gasteiger partial charge on any atom is 0.344 e. The van der Waals surface area contributed by atoms with Crippen LogP contribution in [0.2, 0.25) is 0 Å². The van der Waals surface area contributed by atoms with Crippen LogP contribution in [-0.2, 0) is 9.53 Å². The maximum absolute atomic E-state index is 11.5. The lowest BCUT2D eigenvalue weighted by molar-refractivity contribution is -0.145. The Hall–Kier alpha value is -2.89. The molecule has 0 saturated carbocycles. The molecule has 0 atom stereocenters. The molecule has 3 rings (SSSR count). The first-order valence-corrected chi connectivity index (χ1v) is 7.38. The van der Waals surface area contributed by atoms with Crippen LogP contribution < -0.4 is 4.74 Å². The van der Waals surface area contributed by atoms with E-state index in [0.717, 1.165) is 17.0 Å². The molecule has 0 aliphatic heterocycles. The van der Waals surface area contributed by atoms with Gasteiger partial charge in [0.15, 0.2) is 6.61 Å². The van der Waals surface area contributed by atoms with E-state index in [0.29, 0.717) is 18.3 Å². The fourth-order valence-electron chi connectivity index (χ4n) is 2.24. The van der Waals surface area contributed by atoms with Crippen LogP contribution in [0.3, 0.4) is 0 Å². The molecule has 0 radical (unpaired) electrons. The number of fused-ring (bicyclic) bond motifs is 1. The zero-order chi connectivity index (χ0) is 16.2. The van der Waals surface area contributed by atoms with E-state index in [4.69, 9.17) is 9.47 Å². The molecule has 0 aliphatic rings. The van der Waals surface area contributed by atoms with Crippen molar-refractivity contribution < 1.29 is 14.3 Å². The fourth-order valence-corrected chi connectivity index (χ4v) is 2.24. The molecule has 0 N–H and O–H groups in total. The number of hydrogen-bond acceptors (Lipinski definition) is 5. The standard InChI is InChI=1S/C17H17N3O3/c1-3-22-16(21)11-23-15-9-12(2)18-17-19-14(10-20(15)17)13-7-5-4-6-8-13/h4-10H,3,11H2,1-2H3. The Bertz CT molecular complexity index is 828. The van der Waals surface area contributed by atoms with Crippen LogP contribution in [0.1, 0.15) is 12.6 Å². The van der Waals surface area contributed by atoms with Crippen molar-refractivity contribution in [1.82, 2.24) is 14.4 Å². The number of ether oxygens (including phenoxy) is 2. The van der Waals surface area contributed by atoms with Gasteiger partial charge < -0.3 is 9.47 Å². The maximum atomic E-state index is 11.5. The summed E-state index contributed by atoms with van der Waals surface area (Å²) in [6, 6.07) is 11.6. The van der Waals surface area contributed by atoms with Crippen LogP contribution in [0.4, 0.5) is 0 Å². The summed E-state index contributed by atoms with van der Waals surface area (Å²) in [6.45, 7) is 3.80. The topological polar surface area (TPSA) is 65.7 Å². The Labute approximate surface area is 133 Å². The summed E-state index contributed by atoms with van der Waals surface area (Å²) in [7, 11) is 0. The van der Waals surface area contributed by atoms with Crippen molar-refractivity contribution in [2.24, 2.45) is 0 Å². The van der Waals surface area contributed by atoms with Crippen LogP contribution in [0.25, 0.3) is 17.0 Å². The van der Waals surface area contributed by atoms with Crippen molar-refractivity contribution in [1.29, 1.82) is 0 Å². The van der Waals surface area contributed by atoms with E-state index in [1.165, 1.54) is 0 Å². The molecule has 2 heterocycles. The van der Waals surface area contributed by atoms with Crippen LogP contribution in [-0.4, -0.2) is 33.6 Å². The van der Waals surface area contributed by atoms with Crippen molar-refractivity contribution >= 4 is 11.7 Å². The minimum atomic E-state index is -0.404. The lowest BCUT2D eigenvalue weighted by Gasteiger charge is -2.08. The van der Waals surface area contributed by atoms with Gasteiger partial charge >= 0.3 is 5.97 Å². The molecular formula is C17H17N3O3. The zero-order valence-corrected chi connectivity index (χ0v) is 13.0. The van der Waals surface area contributed by atoms with Crippen LogP contribution in [0.15, 0.2) is 42.6 Å². The average Bonchev–Trinajstić information content (AvgIpc) is 2.97. The third kappa shape index (κ3) is 3.31. The lowest BCUT2D eigenvalue weighted by atomic mass is 10.2. The molecule has 6 nitrogen and oxygen atoms in total. The molecular weight excluding hydrogens is 294 g/mol. The first-order valence-electron chi connectivity index (χ1n) is 7.38. The normalized spacial score (nSPS) is 10.7. The molecule has 0 spiro atoms. The summed E-state index contributed by atoms with van der Waals surface area (Å²) in [6.07, 6.45) is 1.84. The molecule has 0 bridgehead atoms. The lowest BCUT2D eigenvalue weighted by Crippen LogP contribution is -2.16. The van der Waals surface area contributed by atoms with E-state index in [1.54, 1.807) is 17.4 Å². The number of aromatic nitrogens is 3. The van der Waals surface area contributed by atoms with Crippen LogP contribution >= 0.6 is 0 Å². The highest BCUT2D eigenvalue weighted by Crippen LogP contribution is 2.22. The minimum Gasteiger partial charge on any atom is -0.466 e. The molecule has 0 fully saturated rings. The SMILES string of the molecule is CCOC(=O)COc1cc(C)nc2nc(-c3ccccc3)cn12. The molecule has 0 aliphatic carbocycles. The Morgan fingerprint density at radius 2 is 2.00 bits per heavy atom. The second-order valence-corrected chi connectivity index (χ2v) is 4.99. The molecule has 6 heteroatoms. The van der Waals surface area contributed by atoms with Gasteiger partial charge in [0.05, 0.1) is 12.3 Å². The van der Waals surface area contributed by atoms with Gasteiger partial charge in [0.1, 0.15) is 0 Å². The zero-order valence-electron chi connectivity index (χ0n) is 13.0. The number of aryl methyl sites for hydroxylation is 1. The number of nitrogens with zero attached hydrogens (tertiary/aromatic N) is 3. The smallest absolute Gasteiger partial charge is 0.344 e. The number of carbonyl (C=O) groups excluding carboxylic acids is 1. The third-order valence-electron chi connectivity index (χ3n) is 3.25. The Morgan fingerprint density at radius 3 is 2.74 bits per heavy atom. The largest absolute Gasteiger partial charge is 0.466 e. The van der Waals surface area contributed by atoms with Crippen molar-refractivity contribution in [3.05, 3.63) is 48.3 Å². The summed E-state index contributed by atoms with van der Waals surface area (Å²) in [5.41, 5.74) is 2.55. The monoisotopic (exact) mass is 311 g/mol. The minimum absolute atomic E-state index is 0.148. The number of rotatable bonds is 5. The summed E-state index contributed by atoms with van der Waals surface area (Å²) in [5, 5.41) is 0. The quantitative estimate of drug-likeness (QED) is 0.678. The van der Waals surface area contributed by atoms with Crippen molar-refractivity contribution in [3.63, 3.8) is 0 Å². The van der Waals surface area contributed by atoms with Gasteiger partial charge in [-0.25, -0.2) is 14.8 Å². The first kappa shape index (κ1) is 15.0. The molecule has 3 aromatic rings. The summed E-state index contributed by atoms with van der Waals surface area (Å²) < 4.78 is 12.2. The van der Waals surface area contributed by atoms with E-state index >= 15 is 0 Å². The van der Waals surface area contributed by atoms with Crippen molar-refractivity contribution in [2.75, 3.05) is 13.2 Å². The highest BCUT2D eigenvalue weighted by Gasteiger charge is 2.12. The summed E-state index contributed by atoms with van der Waals surface area (Å²) in [4.78, 5) is 20.4. The van der Waals surface area contributed by atoms with Crippen LogP contribution in [0.5, 0.6) is 5.88 Å². The molecule has 118 valence electrons. The van der Waals surface area contributed by atoms with E-state index in [2.05, 4.69) is 9.97 Å². The summed E-state index contributed by atoms with van der Waals surface area (Å²) in [5.74, 6) is 0.636. The number of esters is 1. The molecule has 0 unspecified atom stereocenters. The average molecular weight is 311 g/mol. The Morgan fingerprint density at radius 1 is 1.22 bits per heavy atom. The van der Waals surface area contributed by atoms with E-state index < -0.39 is 5.97 Å². The van der Waals surface area contributed by atoms with E-state index in [9.17, 15) is 4.79 Å². The predicted molar refractivity (Wildman–Crippen MR) is 85.3 cm³/mol. The molecule has 0 amide bonds. The highest BCUT2D eigenvalue weighted by molar-refractivity contribution is 5.71. The third-order valence-corrected chi connectivity index (χ3v) is 3.25. The number of hydrogen-bond donors (Lipinski definition) is 0. The van der Waals surface area contributed by atoms with Crippen molar-refractivity contribution in [3.8, 4) is 17.1 Å². The van der Waals surface area contributed by atoms with E-state index in [-0.39, 0.29) is 6.61 Å². The molecule has 23 heavy (non-hydrogen) atoms. The van der Waals surface area contributed by atoms with Crippen molar-refractivity contribution in [2.45, 2.75) is 13.8 Å². The molecule has 0 saturated heterocycles. The van der Waals surface area contributed by atoms with Gasteiger partial charge in [0.25, 0.3) is 0 Å². The van der Waals surface area contributed by atoms with E-state index in [1.807, 2.05) is 43.5 Å². The van der Waals surface area contributed by atoms with Gasteiger partial charge in [0.2, 0.25) is 11.7 Å². The number of imidazole rings is 1. The molecule has 1 aromatic carbocycles. The Kier molecular flexibility index (Phi) is 4.23. The second kappa shape index (κ2) is 6.48. The number of carbonyl (C=O) groups is 1. The van der Waals surface area contributed by atoms with Gasteiger partial charge in [-0.15, -0.1) is 0 Å². The first-order chi connectivity index (χ1) is 11.2. The van der Waals surface area contributed by atoms with Gasteiger partial charge in [-0.3, -0.25) is 4.40 Å². The summed E-state index contributed by atoms with van der Waals surface area (Å²) >= 11 is 0.